The van der Waals surface area contributed by atoms with Crippen LogP contribution in [0.25, 0.3) is 0 Å². The molecule has 2 aromatic carbocycles. The van der Waals surface area contributed by atoms with Gasteiger partial charge >= 0.3 is 0 Å². The fourth-order valence-electron chi connectivity index (χ4n) is 1.90. The number of unbranched alkanes of at least 4 members (excludes halogenated alkanes) is 2. The van der Waals surface area contributed by atoms with Gasteiger partial charge in [0.25, 0.3) is 0 Å². The van der Waals surface area contributed by atoms with Crippen LogP contribution < -0.4 is 4.74 Å². The first-order chi connectivity index (χ1) is 8.95. The van der Waals surface area contributed by atoms with Crippen LogP contribution in [0, 0.1) is 6.07 Å². The average Bonchev–Trinajstić information content (AvgIpc) is 2.45. The standard InChI is InChI=1S/C17H19O/c1-4-10-16(11-5-1)12-6-3-9-15-18-17-13-7-2-8-14-17/h1-2,4-5,7-8,10-11,13H,3,6,9,12,15H2. The summed E-state index contributed by atoms with van der Waals surface area (Å²) >= 11 is 0. The summed E-state index contributed by atoms with van der Waals surface area (Å²) in [5, 5.41) is 0. The predicted octanol–water partition coefficient (Wildman–Crippen LogP) is 4.28. The van der Waals surface area contributed by atoms with Crippen molar-refractivity contribution in [2.75, 3.05) is 6.61 Å². The van der Waals surface area contributed by atoms with E-state index in [1.54, 1.807) is 0 Å². The highest BCUT2D eigenvalue weighted by Crippen LogP contribution is 2.09. The van der Waals surface area contributed by atoms with E-state index in [0.717, 1.165) is 25.2 Å². The molecule has 93 valence electrons. The topological polar surface area (TPSA) is 9.23 Å². The quantitative estimate of drug-likeness (QED) is 0.655. The number of rotatable bonds is 7. The van der Waals surface area contributed by atoms with E-state index in [4.69, 9.17) is 4.74 Å². The Balaban J connectivity index is 1.54. The summed E-state index contributed by atoms with van der Waals surface area (Å²) < 4.78 is 5.60. The van der Waals surface area contributed by atoms with Crippen molar-refractivity contribution >= 4 is 0 Å². The zero-order valence-corrected chi connectivity index (χ0v) is 10.6. The van der Waals surface area contributed by atoms with E-state index in [-0.39, 0.29) is 0 Å². The molecule has 0 aliphatic heterocycles. The molecular weight excluding hydrogens is 220 g/mol. The summed E-state index contributed by atoms with van der Waals surface area (Å²) in [6.07, 6.45) is 4.71. The van der Waals surface area contributed by atoms with Gasteiger partial charge in [-0.1, -0.05) is 48.5 Å². The largest absolute Gasteiger partial charge is 0.493 e. The summed E-state index contributed by atoms with van der Waals surface area (Å²) in [5.41, 5.74) is 1.43. The van der Waals surface area contributed by atoms with E-state index in [0.29, 0.717) is 0 Å². The van der Waals surface area contributed by atoms with Gasteiger partial charge in [-0.05, 0) is 37.3 Å². The molecule has 0 bridgehead atoms. The number of benzene rings is 2. The molecule has 0 saturated carbocycles. The Kier molecular flexibility index (Phi) is 5.32. The fourth-order valence-corrected chi connectivity index (χ4v) is 1.90. The molecule has 1 radical (unpaired) electrons. The van der Waals surface area contributed by atoms with E-state index in [1.807, 2.05) is 24.3 Å². The van der Waals surface area contributed by atoms with Gasteiger partial charge < -0.3 is 4.74 Å². The van der Waals surface area contributed by atoms with Gasteiger partial charge in [0.05, 0.1) is 6.61 Å². The Morgan fingerprint density at radius 3 is 2.44 bits per heavy atom. The molecule has 2 rings (SSSR count). The minimum atomic E-state index is 0.787. The molecule has 0 aliphatic carbocycles. The van der Waals surface area contributed by atoms with Gasteiger partial charge in [-0.2, -0.15) is 0 Å². The Morgan fingerprint density at radius 2 is 1.67 bits per heavy atom. The second-order valence-corrected chi connectivity index (χ2v) is 4.37. The average molecular weight is 239 g/mol. The predicted molar refractivity (Wildman–Crippen MR) is 74.8 cm³/mol. The second-order valence-electron chi connectivity index (χ2n) is 4.37. The molecule has 1 heteroatoms. The molecule has 0 aliphatic rings. The molecule has 0 fully saturated rings. The number of hydrogen-bond donors (Lipinski definition) is 0. The lowest BCUT2D eigenvalue weighted by Gasteiger charge is -2.05. The lowest BCUT2D eigenvalue weighted by molar-refractivity contribution is 0.304. The lowest BCUT2D eigenvalue weighted by Crippen LogP contribution is -1.97. The van der Waals surface area contributed by atoms with Crippen molar-refractivity contribution in [2.45, 2.75) is 25.7 Å². The molecule has 0 unspecified atom stereocenters. The van der Waals surface area contributed by atoms with Crippen LogP contribution in [0.15, 0.2) is 54.6 Å². The Morgan fingerprint density at radius 1 is 0.833 bits per heavy atom. The normalized spacial score (nSPS) is 10.2. The van der Waals surface area contributed by atoms with E-state index in [9.17, 15) is 0 Å². The molecule has 0 spiro atoms. The van der Waals surface area contributed by atoms with Gasteiger partial charge in [0.2, 0.25) is 0 Å². The summed E-state index contributed by atoms with van der Waals surface area (Å²) in [6, 6.07) is 21.5. The lowest BCUT2D eigenvalue weighted by atomic mass is 10.1. The van der Waals surface area contributed by atoms with E-state index in [1.165, 1.54) is 18.4 Å². The van der Waals surface area contributed by atoms with Crippen molar-refractivity contribution in [1.29, 1.82) is 0 Å². The molecular formula is C17H19O. The maximum atomic E-state index is 5.60. The molecule has 0 saturated heterocycles. The highest BCUT2D eigenvalue weighted by Gasteiger charge is 1.94. The van der Waals surface area contributed by atoms with E-state index in [2.05, 4.69) is 36.4 Å². The van der Waals surface area contributed by atoms with E-state index < -0.39 is 0 Å². The zero-order valence-electron chi connectivity index (χ0n) is 10.6. The summed E-state index contributed by atoms with van der Waals surface area (Å²) in [5.74, 6) is 0.848. The molecule has 0 N–H and O–H groups in total. The third-order valence-corrected chi connectivity index (χ3v) is 2.89. The summed E-state index contributed by atoms with van der Waals surface area (Å²) in [4.78, 5) is 0. The summed E-state index contributed by atoms with van der Waals surface area (Å²) in [6.45, 7) is 0.787. The van der Waals surface area contributed by atoms with Crippen molar-refractivity contribution in [2.24, 2.45) is 0 Å². The van der Waals surface area contributed by atoms with Gasteiger partial charge in [-0.3, -0.25) is 0 Å². The van der Waals surface area contributed by atoms with Crippen LogP contribution in [-0.2, 0) is 6.42 Å². The van der Waals surface area contributed by atoms with Crippen LogP contribution in [0.1, 0.15) is 24.8 Å². The van der Waals surface area contributed by atoms with Crippen molar-refractivity contribution in [1.82, 2.24) is 0 Å². The van der Waals surface area contributed by atoms with Gasteiger partial charge in [0.1, 0.15) is 5.75 Å². The molecule has 18 heavy (non-hydrogen) atoms. The second kappa shape index (κ2) is 7.54. The first-order valence-electron chi connectivity index (χ1n) is 6.58. The molecule has 1 nitrogen and oxygen atoms in total. The SMILES string of the molecule is [c]1ccccc1OCCCCCc1ccccc1. The summed E-state index contributed by atoms with van der Waals surface area (Å²) in [7, 11) is 0. The van der Waals surface area contributed by atoms with Crippen molar-refractivity contribution in [3.05, 3.63) is 66.2 Å². The molecule has 2 aromatic rings. The Labute approximate surface area is 109 Å². The van der Waals surface area contributed by atoms with Crippen molar-refractivity contribution < 1.29 is 4.74 Å². The first kappa shape index (κ1) is 12.7. The number of para-hydroxylation sites is 1. The van der Waals surface area contributed by atoms with Crippen LogP contribution in [0.4, 0.5) is 0 Å². The molecule has 0 atom stereocenters. The number of hydrogen-bond acceptors (Lipinski definition) is 1. The number of ether oxygens (including phenoxy) is 1. The Bertz CT molecular complexity index is 378. The van der Waals surface area contributed by atoms with E-state index >= 15 is 0 Å². The van der Waals surface area contributed by atoms with Crippen LogP contribution in [0.5, 0.6) is 5.75 Å². The van der Waals surface area contributed by atoms with Crippen molar-refractivity contribution in [3.8, 4) is 5.75 Å². The molecule has 0 heterocycles. The van der Waals surface area contributed by atoms with Crippen molar-refractivity contribution in [3.63, 3.8) is 0 Å². The fraction of sp³-hybridized carbons (Fsp3) is 0.294. The molecule has 0 amide bonds. The van der Waals surface area contributed by atoms with Crippen LogP contribution in [0.3, 0.4) is 0 Å². The minimum Gasteiger partial charge on any atom is -0.493 e. The number of aryl methyl sites for hydroxylation is 1. The third kappa shape index (κ3) is 4.62. The highest BCUT2D eigenvalue weighted by atomic mass is 16.5. The smallest absolute Gasteiger partial charge is 0.127 e. The van der Waals surface area contributed by atoms with Gasteiger partial charge in [-0.25, -0.2) is 0 Å². The maximum Gasteiger partial charge on any atom is 0.127 e. The molecule has 0 aromatic heterocycles. The van der Waals surface area contributed by atoms with Crippen LogP contribution in [-0.4, -0.2) is 6.61 Å². The van der Waals surface area contributed by atoms with Gasteiger partial charge in [0, 0.05) is 6.07 Å². The minimum absolute atomic E-state index is 0.787. The van der Waals surface area contributed by atoms with Crippen LogP contribution in [0.2, 0.25) is 0 Å². The third-order valence-electron chi connectivity index (χ3n) is 2.89. The monoisotopic (exact) mass is 239 g/mol. The first-order valence-corrected chi connectivity index (χ1v) is 6.58. The zero-order chi connectivity index (χ0) is 12.5. The van der Waals surface area contributed by atoms with Gasteiger partial charge in [0.15, 0.2) is 0 Å². The Hall–Kier alpha value is -1.76. The van der Waals surface area contributed by atoms with Crippen LogP contribution >= 0.6 is 0 Å². The highest BCUT2D eigenvalue weighted by molar-refractivity contribution is 5.19. The van der Waals surface area contributed by atoms with Gasteiger partial charge in [-0.15, -0.1) is 0 Å². The maximum absolute atomic E-state index is 5.60.